The van der Waals surface area contributed by atoms with E-state index in [9.17, 15) is 14.4 Å². The third-order valence-electron chi connectivity index (χ3n) is 15.2. The number of hydrogen-bond donors (Lipinski definition) is 0. The molecule has 6 heteroatoms. The minimum Gasteiger partial charge on any atom is -0.462 e. The van der Waals surface area contributed by atoms with Crippen LogP contribution < -0.4 is 0 Å². The lowest BCUT2D eigenvalue weighted by molar-refractivity contribution is -0.167. The summed E-state index contributed by atoms with van der Waals surface area (Å²) in [5, 5.41) is 0. The lowest BCUT2D eigenvalue weighted by Gasteiger charge is -2.18. The molecule has 0 unspecified atom stereocenters. The van der Waals surface area contributed by atoms with Crippen LogP contribution in [0, 0.1) is 11.8 Å². The molecule has 0 radical (unpaired) electrons. The van der Waals surface area contributed by atoms with Crippen molar-refractivity contribution in [3.05, 3.63) is 0 Å². The Balaban J connectivity index is 4.27. The minimum absolute atomic E-state index is 0.0616. The Morgan fingerprint density at radius 2 is 0.458 bits per heavy atom. The van der Waals surface area contributed by atoms with Gasteiger partial charge in [0.15, 0.2) is 6.10 Å². The van der Waals surface area contributed by atoms with Crippen LogP contribution in [0.3, 0.4) is 0 Å². The van der Waals surface area contributed by atoms with Gasteiger partial charge in [-0.3, -0.25) is 14.4 Å². The van der Waals surface area contributed by atoms with Gasteiger partial charge >= 0.3 is 17.9 Å². The van der Waals surface area contributed by atoms with Gasteiger partial charge in [0, 0.05) is 19.3 Å². The van der Waals surface area contributed by atoms with Crippen molar-refractivity contribution in [2.45, 2.75) is 381 Å². The first-order valence-corrected chi connectivity index (χ1v) is 32.7. The lowest BCUT2D eigenvalue weighted by Crippen LogP contribution is -2.30. The van der Waals surface area contributed by atoms with Crippen LogP contribution in [0.2, 0.25) is 0 Å². The van der Waals surface area contributed by atoms with Crippen LogP contribution in [0.15, 0.2) is 0 Å². The van der Waals surface area contributed by atoms with Gasteiger partial charge < -0.3 is 14.2 Å². The zero-order chi connectivity index (χ0) is 52.5. The van der Waals surface area contributed by atoms with Crippen molar-refractivity contribution in [3.63, 3.8) is 0 Å². The van der Waals surface area contributed by atoms with E-state index in [1.54, 1.807) is 0 Å². The standard InChI is InChI=1S/C66H128O6/c1-6-7-8-9-10-11-12-13-19-26-31-36-41-46-51-56-64(67)70-59-63(60-71-65(68)57-52-47-42-37-32-27-23-18-21-25-30-35-40-45-50-55-62(4)5)72-66(69)58-53-48-43-38-33-28-22-17-15-14-16-20-24-29-34-39-44-49-54-61(2)3/h61-63H,6-60H2,1-5H3/t63-/m0/s1. The summed E-state index contributed by atoms with van der Waals surface area (Å²) in [5.74, 6) is 0.879. The van der Waals surface area contributed by atoms with Gasteiger partial charge in [-0.25, -0.2) is 0 Å². The van der Waals surface area contributed by atoms with Crippen LogP contribution in [0.25, 0.3) is 0 Å². The third-order valence-corrected chi connectivity index (χ3v) is 15.2. The second kappa shape index (κ2) is 58.7. The summed E-state index contributed by atoms with van der Waals surface area (Å²) in [7, 11) is 0. The molecule has 0 fully saturated rings. The molecule has 0 aliphatic heterocycles. The van der Waals surface area contributed by atoms with Crippen molar-refractivity contribution in [1.82, 2.24) is 0 Å². The molecular weight excluding hydrogens is 889 g/mol. The van der Waals surface area contributed by atoms with E-state index in [2.05, 4.69) is 34.6 Å². The van der Waals surface area contributed by atoms with Crippen LogP contribution >= 0.6 is 0 Å². The van der Waals surface area contributed by atoms with Crippen LogP contribution in [-0.2, 0) is 28.6 Å². The number of ether oxygens (including phenoxy) is 3. The maximum Gasteiger partial charge on any atom is 0.306 e. The topological polar surface area (TPSA) is 78.9 Å². The predicted octanol–water partition coefficient (Wildman–Crippen LogP) is 22.0. The van der Waals surface area contributed by atoms with Gasteiger partial charge in [0.1, 0.15) is 13.2 Å². The number of rotatable bonds is 60. The smallest absolute Gasteiger partial charge is 0.306 e. The number of esters is 3. The maximum absolute atomic E-state index is 12.9. The van der Waals surface area contributed by atoms with E-state index < -0.39 is 6.10 Å². The summed E-state index contributed by atoms with van der Waals surface area (Å²) >= 11 is 0. The molecule has 0 aromatic carbocycles. The van der Waals surface area contributed by atoms with Gasteiger partial charge in [0.05, 0.1) is 0 Å². The fourth-order valence-corrected chi connectivity index (χ4v) is 10.3. The molecule has 0 aromatic heterocycles. The van der Waals surface area contributed by atoms with E-state index in [1.807, 2.05) is 0 Å². The van der Waals surface area contributed by atoms with Crippen LogP contribution in [0.4, 0.5) is 0 Å². The van der Waals surface area contributed by atoms with Gasteiger partial charge in [-0.15, -0.1) is 0 Å². The largest absolute Gasteiger partial charge is 0.462 e. The molecule has 0 spiro atoms. The van der Waals surface area contributed by atoms with Crippen LogP contribution in [0.5, 0.6) is 0 Å². The second-order valence-corrected chi connectivity index (χ2v) is 23.7. The Morgan fingerprint density at radius 3 is 0.681 bits per heavy atom. The number of hydrogen-bond acceptors (Lipinski definition) is 6. The van der Waals surface area contributed by atoms with Crippen molar-refractivity contribution in [3.8, 4) is 0 Å². The van der Waals surface area contributed by atoms with Crippen molar-refractivity contribution in [2.24, 2.45) is 11.8 Å². The highest BCUT2D eigenvalue weighted by Crippen LogP contribution is 2.19. The average Bonchev–Trinajstić information content (AvgIpc) is 3.36. The minimum atomic E-state index is -0.764. The van der Waals surface area contributed by atoms with Gasteiger partial charge in [0.25, 0.3) is 0 Å². The normalized spacial score (nSPS) is 12.0. The molecule has 428 valence electrons. The predicted molar refractivity (Wildman–Crippen MR) is 312 cm³/mol. The molecule has 0 amide bonds. The number of carbonyl (C=O) groups excluding carboxylic acids is 3. The second-order valence-electron chi connectivity index (χ2n) is 23.7. The lowest BCUT2D eigenvalue weighted by atomic mass is 10.0. The van der Waals surface area contributed by atoms with E-state index in [4.69, 9.17) is 14.2 Å². The average molecular weight is 1020 g/mol. The van der Waals surface area contributed by atoms with E-state index in [0.717, 1.165) is 69.6 Å². The first kappa shape index (κ1) is 70.4. The SMILES string of the molecule is CCCCCCCCCCCCCCCCCC(=O)OC[C@@H](COC(=O)CCCCCCCCCCCCCCCCCC(C)C)OC(=O)CCCCCCCCCCCCCCCCCCCCC(C)C. The molecule has 1 atom stereocenters. The van der Waals surface area contributed by atoms with E-state index in [1.165, 1.54) is 263 Å². The monoisotopic (exact) mass is 1020 g/mol. The zero-order valence-corrected chi connectivity index (χ0v) is 49.6. The quantitative estimate of drug-likeness (QED) is 0.0343. The van der Waals surface area contributed by atoms with Crippen molar-refractivity contribution in [1.29, 1.82) is 0 Å². The molecule has 6 nitrogen and oxygen atoms in total. The highest BCUT2D eigenvalue weighted by atomic mass is 16.6. The molecule has 0 aliphatic carbocycles. The van der Waals surface area contributed by atoms with E-state index >= 15 is 0 Å². The maximum atomic E-state index is 12.9. The van der Waals surface area contributed by atoms with Gasteiger partial charge in [-0.2, -0.15) is 0 Å². The Bertz CT molecular complexity index is 1100. The Hall–Kier alpha value is -1.59. The molecule has 0 aliphatic rings. The molecule has 0 saturated heterocycles. The molecule has 0 N–H and O–H groups in total. The van der Waals surface area contributed by atoms with Crippen molar-refractivity contribution < 1.29 is 28.6 Å². The molecule has 72 heavy (non-hydrogen) atoms. The van der Waals surface area contributed by atoms with Crippen LogP contribution in [-0.4, -0.2) is 37.2 Å². The Labute approximate surface area is 450 Å². The fraction of sp³-hybridized carbons (Fsp3) is 0.955. The molecular formula is C66H128O6. The third kappa shape index (κ3) is 59.3. The summed E-state index contributed by atoms with van der Waals surface area (Å²) in [4.78, 5) is 38.3. The summed E-state index contributed by atoms with van der Waals surface area (Å²) in [6.07, 6.45) is 65.3. The van der Waals surface area contributed by atoms with Crippen LogP contribution in [0.1, 0.15) is 375 Å². The number of unbranched alkanes of at least 4 members (excludes halogenated alkanes) is 45. The van der Waals surface area contributed by atoms with E-state index in [-0.39, 0.29) is 31.1 Å². The molecule has 0 rings (SSSR count). The van der Waals surface area contributed by atoms with Gasteiger partial charge in [-0.1, -0.05) is 336 Å². The fourth-order valence-electron chi connectivity index (χ4n) is 10.3. The van der Waals surface area contributed by atoms with Gasteiger partial charge in [0.2, 0.25) is 0 Å². The Kier molecular flexibility index (Phi) is 57.4. The molecule has 0 bridgehead atoms. The number of carbonyl (C=O) groups is 3. The van der Waals surface area contributed by atoms with Crippen molar-refractivity contribution >= 4 is 17.9 Å². The first-order valence-electron chi connectivity index (χ1n) is 32.7. The molecule has 0 saturated carbocycles. The summed E-state index contributed by atoms with van der Waals surface area (Å²) in [5.41, 5.74) is 0. The van der Waals surface area contributed by atoms with E-state index in [0.29, 0.717) is 19.3 Å². The molecule has 0 heterocycles. The highest BCUT2D eigenvalue weighted by molar-refractivity contribution is 5.71. The van der Waals surface area contributed by atoms with Crippen molar-refractivity contribution in [2.75, 3.05) is 13.2 Å². The summed E-state index contributed by atoms with van der Waals surface area (Å²) in [6, 6.07) is 0. The Morgan fingerprint density at radius 1 is 0.264 bits per heavy atom. The summed E-state index contributed by atoms with van der Waals surface area (Å²) < 4.78 is 17.0. The molecule has 0 aromatic rings. The highest BCUT2D eigenvalue weighted by Gasteiger charge is 2.19. The van der Waals surface area contributed by atoms with Gasteiger partial charge in [-0.05, 0) is 31.1 Å². The zero-order valence-electron chi connectivity index (χ0n) is 49.6. The first-order chi connectivity index (χ1) is 35.2. The summed E-state index contributed by atoms with van der Waals surface area (Å²) in [6.45, 7) is 11.5.